The zero-order valence-electron chi connectivity index (χ0n) is 46.6. The van der Waals surface area contributed by atoms with Crippen LogP contribution in [0, 0.1) is 20.2 Å². The molecule has 0 aromatic heterocycles. The Morgan fingerprint density at radius 1 is 0.338 bits per heavy atom. The first-order chi connectivity index (χ1) is 39.4. The number of fused-ring (bicyclic) bond motifs is 2. The van der Waals surface area contributed by atoms with Crippen molar-refractivity contribution >= 4 is 11.4 Å². The topological polar surface area (TPSA) is 160 Å². The van der Waals surface area contributed by atoms with Crippen molar-refractivity contribution in [3.8, 4) is 23.0 Å². The molecule has 2 aliphatic rings. The highest BCUT2D eigenvalue weighted by molar-refractivity contribution is 5.54. The molecule has 1 heterocycles. The molecule has 6 aromatic rings. The molecule has 426 valence electrons. The second-order valence-electron chi connectivity index (χ2n) is 20.7. The van der Waals surface area contributed by atoms with Crippen molar-refractivity contribution < 1.29 is 47.7 Å². The van der Waals surface area contributed by atoms with Crippen LogP contribution in [-0.2, 0) is 57.5 Å². The fourth-order valence-electron chi connectivity index (χ4n) is 10.9. The van der Waals surface area contributed by atoms with Crippen molar-refractivity contribution in [2.24, 2.45) is 0 Å². The maximum Gasteiger partial charge on any atom is 0.310 e. The first kappa shape index (κ1) is 59.3. The average molecular weight is 1090 g/mol. The summed E-state index contributed by atoms with van der Waals surface area (Å²) in [5.41, 5.74) is 12.6. The Hall–Kier alpha value is -6.84. The van der Waals surface area contributed by atoms with E-state index in [0.29, 0.717) is 116 Å². The third-order valence-electron chi connectivity index (χ3n) is 15.0. The van der Waals surface area contributed by atoms with Crippen LogP contribution in [0.1, 0.15) is 133 Å². The Balaban J connectivity index is 1.03. The number of nitrogens with zero attached hydrogens (tertiary/aromatic N) is 2. The largest absolute Gasteiger partial charge is 0.491 e. The van der Waals surface area contributed by atoms with Crippen LogP contribution in [0.15, 0.2) is 121 Å². The molecular weight excluding hydrogens is 1010 g/mol. The van der Waals surface area contributed by atoms with E-state index in [4.69, 9.17) is 37.9 Å². The predicted molar refractivity (Wildman–Crippen MR) is 311 cm³/mol. The van der Waals surface area contributed by atoms with Gasteiger partial charge in [0.2, 0.25) is 0 Å². The Morgan fingerprint density at radius 2 is 0.625 bits per heavy atom. The van der Waals surface area contributed by atoms with E-state index in [1.165, 1.54) is 45.5 Å². The molecule has 14 heteroatoms. The van der Waals surface area contributed by atoms with E-state index in [1.54, 1.807) is 36.4 Å². The van der Waals surface area contributed by atoms with Gasteiger partial charge in [-0.1, -0.05) is 148 Å². The molecule has 0 saturated heterocycles. The summed E-state index contributed by atoms with van der Waals surface area (Å²) in [6.07, 6.45) is 17.0. The van der Waals surface area contributed by atoms with Gasteiger partial charge in [-0.2, -0.15) is 0 Å². The average Bonchev–Trinajstić information content (AvgIpc) is 3.63. The van der Waals surface area contributed by atoms with Crippen molar-refractivity contribution in [3.05, 3.63) is 197 Å². The van der Waals surface area contributed by atoms with E-state index >= 15 is 0 Å². The number of hydrogen-bond donors (Lipinski definition) is 0. The summed E-state index contributed by atoms with van der Waals surface area (Å²) in [6.45, 7) is 5.40. The number of benzene rings is 6. The number of para-hydroxylation sites is 6. The van der Waals surface area contributed by atoms with Gasteiger partial charge in [-0.05, 0) is 106 Å². The Morgan fingerprint density at radius 3 is 0.963 bits per heavy atom. The fourth-order valence-corrected chi connectivity index (χ4v) is 10.9. The summed E-state index contributed by atoms with van der Waals surface area (Å²) >= 11 is 0. The molecule has 1 aliphatic heterocycles. The molecule has 0 amide bonds. The molecule has 80 heavy (non-hydrogen) atoms. The summed E-state index contributed by atoms with van der Waals surface area (Å²) < 4.78 is 49.1. The fraction of sp³-hybridized carbons (Fsp3) is 0.455. The monoisotopic (exact) mass is 1090 g/mol. The van der Waals surface area contributed by atoms with E-state index in [1.807, 2.05) is 0 Å². The maximum atomic E-state index is 11.5. The van der Waals surface area contributed by atoms with E-state index in [2.05, 4.69) is 72.8 Å². The highest BCUT2D eigenvalue weighted by atomic mass is 16.6. The van der Waals surface area contributed by atoms with Gasteiger partial charge in [-0.3, -0.25) is 20.2 Å². The highest BCUT2D eigenvalue weighted by Crippen LogP contribution is 2.37. The summed E-state index contributed by atoms with van der Waals surface area (Å²) in [5, 5.41) is 22.9. The van der Waals surface area contributed by atoms with Gasteiger partial charge < -0.3 is 37.9 Å². The lowest BCUT2D eigenvalue weighted by molar-refractivity contribution is -0.386. The van der Waals surface area contributed by atoms with Crippen LogP contribution in [0.4, 0.5) is 11.4 Å². The summed E-state index contributed by atoms with van der Waals surface area (Å²) in [6, 6.07) is 40.1. The van der Waals surface area contributed by atoms with Gasteiger partial charge in [-0.25, -0.2) is 0 Å². The molecule has 14 nitrogen and oxygen atoms in total. The zero-order valence-corrected chi connectivity index (χ0v) is 46.6. The molecule has 0 atom stereocenters. The molecular formula is C66H80N2O12. The minimum absolute atomic E-state index is 0.00135. The van der Waals surface area contributed by atoms with Gasteiger partial charge in [-0.15, -0.1) is 0 Å². The quantitative estimate of drug-likeness (QED) is 0.0360. The Labute approximate surface area is 472 Å². The second-order valence-corrected chi connectivity index (χ2v) is 20.7. The molecule has 1 aliphatic carbocycles. The first-order valence-electron chi connectivity index (χ1n) is 29.1. The van der Waals surface area contributed by atoms with Crippen molar-refractivity contribution in [2.45, 2.75) is 116 Å². The smallest absolute Gasteiger partial charge is 0.310 e. The van der Waals surface area contributed by atoms with Crippen LogP contribution in [-0.4, -0.2) is 89.1 Å². The second kappa shape index (κ2) is 33.0. The van der Waals surface area contributed by atoms with Crippen LogP contribution in [0.3, 0.4) is 0 Å². The lowest BCUT2D eigenvalue weighted by atomic mass is 9.85. The van der Waals surface area contributed by atoms with Crippen LogP contribution in [0.5, 0.6) is 23.0 Å². The molecule has 0 radical (unpaired) electrons. The van der Waals surface area contributed by atoms with Gasteiger partial charge in [0.15, 0.2) is 11.5 Å². The van der Waals surface area contributed by atoms with Gasteiger partial charge >= 0.3 is 11.4 Å². The van der Waals surface area contributed by atoms with Crippen molar-refractivity contribution in [1.82, 2.24) is 0 Å². The van der Waals surface area contributed by atoms with Gasteiger partial charge in [0.05, 0.1) is 75.9 Å². The Bertz CT molecular complexity index is 2590. The summed E-state index contributed by atoms with van der Waals surface area (Å²) in [4.78, 5) is 22.1. The molecule has 0 unspecified atom stereocenters. The summed E-state index contributed by atoms with van der Waals surface area (Å²) in [5.74, 6) is 2.50. The number of nitro benzene ring substituents is 2. The molecule has 0 fully saturated rings. The lowest BCUT2D eigenvalue weighted by Gasteiger charge is -2.23. The van der Waals surface area contributed by atoms with E-state index < -0.39 is 9.85 Å². The number of unbranched alkanes of at least 4 members (excludes halogenated alkanes) is 10. The number of ether oxygens (including phenoxy) is 8. The van der Waals surface area contributed by atoms with Gasteiger partial charge in [0.25, 0.3) is 0 Å². The lowest BCUT2D eigenvalue weighted by Crippen LogP contribution is -2.15. The van der Waals surface area contributed by atoms with E-state index in [0.717, 1.165) is 124 Å². The number of hydrogen-bond acceptors (Lipinski definition) is 12. The number of rotatable bonds is 22. The molecule has 0 saturated carbocycles. The molecule has 6 aromatic carbocycles. The van der Waals surface area contributed by atoms with Gasteiger partial charge in [0.1, 0.15) is 24.7 Å². The molecule has 0 spiro atoms. The SMILES string of the molecule is O=[N+]([O-])c1ccccc1OCCCCCCCCc1c2cccc1Cc1cccc3c1OCCOCCOCCOCCOCCOc1c(cccc1Cc1cccc(c1CCCCCCCCOc1ccccc1[N+](=O)[O-])C3)C2. The molecule has 8 rings (SSSR count). The van der Waals surface area contributed by atoms with Crippen molar-refractivity contribution in [3.63, 3.8) is 0 Å². The molecule has 10 bridgehead atoms. The minimum Gasteiger partial charge on any atom is -0.491 e. The predicted octanol–water partition coefficient (Wildman–Crippen LogP) is 13.9. The maximum absolute atomic E-state index is 11.5. The van der Waals surface area contributed by atoms with Crippen molar-refractivity contribution in [2.75, 3.05) is 79.3 Å². The highest BCUT2D eigenvalue weighted by Gasteiger charge is 2.22. The molecule has 0 N–H and O–H groups in total. The van der Waals surface area contributed by atoms with Crippen LogP contribution < -0.4 is 18.9 Å². The van der Waals surface area contributed by atoms with Crippen LogP contribution in [0.2, 0.25) is 0 Å². The minimum atomic E-state index is -0.395. The zero-order chi connectivity index (χ0) is 55.4. The first-order valence-corrected chi connectivity index (χ1v) is 29.1. The standard InChI is InChI=1S/C66H80N2O12/c69-67(70)61-31-11-13-33-63(61)77-35-15-7-3-1-5-9-29-59-51-21-17-22-52(59)48-56-26-20-28-58-50-54-24-18-23-53(60(54)30-10-6-2-4-8-16-36-78-64-34-14-12-32-62(64)68(71)72)49-57-27-19-25-55(47-51)65(57)79-45-43-75-41-39-73-37-38-74-40-42-76-44-46-80-66(56)58/h11-14,17-28,31-34H,1-10,15-16,29-30,35-50H2. The van der Waals surface area contributed by atoms with E-state index in [9.17, 15) is 20.2 Å². The van der Waals surface area contributed by atoms with E-state index in [-0.39, 0.29) is 11.4 Å². The third kappa shape index (κ3) is 18.4. The summed E-state index contributed by atoms with van der Waals surface area (Å²) in [7, 11) is 0. The van der Waals surface area contributed by atoms with Crippen LogP contribution in [0.25, 0.3) is 0 Å². The van der Waals surface area contributed by atoms with Crippen molar-refractivity contribution in [1.29, 1.82) is 0 Å². The third-order valence-corrected chi connectivity index (χ3v) is 15.0. The van der Waals surface area contributed by atoms with Crippen LogP contribution >= 0.6 is 0 Å². The van der Waals surface area contributed by atoms with Gasteiger partial charge in [0, 0.05) is 37.8 Å². The Kier molecular flexibility index (Phi) is 24.5. The number of nitro groups is 2. The normalized spacial score (nSPS) is 14.6.